The molecule has 1 N–H and O–H groups in total. The molecular weight excluding hydrogens is 314 g/mol. The first-order chi connectivity index (χ1) is 11.1. The minimum absolute atomic E-state index is 0.0638. The SMILES string of the molecule is N#Cc1ccccc1S(=O)(=O)Nc1cnc(N2CCCC2)nc1. The Labute approximate surface area is 134 Å². The number of nitriles is 1. The van der Waals surface area contributed by atoms with E-state index < -0.39 is 10.0 Å². The number of hydrogen-bond acceptors (Lipinski definition) is 6. The van der Waals surface area contributed by atoms with Gasteiger partial charge in [-0.15, -0.1) is 0 Å². The van der Waals surface area contributed by atoms with Crippen LogP contribution < -0.4 is 9.62 Å². The molecule has 1 aromatic carbocycles. The lowest BCUT2D eigenvalue weighted by Crippen LogP contribution is -2.20. The van der Waals surface area contributed by atoms with E-state index in [4.69, 9.17) is 5.26 Å². The second kappa shape index (κ2) is 6.22. The van der Waals surface area contributed by atoms with Crippen molar-refractivity contribution in [3.05, 3.63) is 42.2 Å². The average molecular weight is 329 g/mol. The van der Waals surface area contributed by atoms with Gasteiger partial charge in [0.05, 0.1) is 23.6 Å². The van der Waals surface area contributed by atoms with E-state index >= 15 is 0 Å². The highest BCUT2D eigenvalue weighted by Gasteiger charge is 2.19. The standard InChI is InChI=1S/C15H15N5O2S/c16-9-12-5-1-2-6-14(12)23(21,22)19-13-10-17-15(18-11-13)20-7-3-4-8-20/h1-2,5-6,10-11,19H,3-4,7-8H2. The van der Waals surface area contributed by atoms with Crippen molar-refractivity contribution in [2.24, 2.45) is 0 Å². The summed E-state index contributed by atoms with van der Waals surface area (Å²) in [6.45, 7) is 1.83. The number of anilines is 2. The van der Waals surface area contributed by atoms with E-state index in [0.717, 1.165) is 25.9 Å². The van der Waals surface area contributed by atoms with Crippen LogP contribution in [0.2, 0.25) is 0 Å². The van der Waals surface area contributed by atoms with Crippen molar-refractivity contribution in [3.63, 3.8) is 0 Å². The molecule has 3 rings (SSSR count). The number of nitrogens with one attached hydrogen (secondary N) is 1. The second-order valence-corrected chi connectivity index (χ2v) is 6.83. The van der Waals surface area contributed by atoms with E-state index in [0.29, 0.717) is 5.95 Å². The van der Waals surface area contributed by atoms with Crippen LogP contribution >= 0.6 is 0 Å². The summed E-state index contributed by atoms with van der Waals surface area (Å²) in [5.41, 5.74) is 0.357. The van der Waals surface area contributed by atoms with E-state index in [9.17, 15) is 8.42 Å². The molecule has 1 aromatic heterocycles. The zero-order valence-electron chi connectivity index (χ0n) is 12.3. The summed E-state index contributed by atoms with van der Waals surface area (Å²) < 4.78 is 27.2. The highest BCUT2D eigenvalue weighted by Crippen LogP contribution is 2.20. The Kier molecular flexibility index (Phi) is 4.12. The molecule has 8 heteroatoms. The number of aromatic nitrogens is 2. The molecule has 0 aliphatic carbocycles. The van der Waals surface area contributed by atoms with Gasteiger partial charge in [0.1, 0.15) is 11.0 Å². The first-order valence-corrected chi connectivity index (χ1v) is 8.67. The van der Waals surface area contributed by atoms with Gasteiger partial charge < -0.3 is 4.90 Å². The molecule has 23 heavy (non-hydrogen) atoms. The molecule has 0 bridgehead atoms. The van der Waals surface area contributed by atoms with Crippen molar-refractivity contribution in [2.75, 3.05) is 22.7 Å². The normalized spacial score (nSPS) is 14.5. The zero-order valence-corrected chi connectivity index (χ0v) is 13.1. The van der Waals surface area contributed by atoms with Crippen LogP contribution in [0.1, 0.15) is 18.4 Å². The van der Waals surface area contributed by atoms with Crippen molar-refractivity contribution in [3.8, 4) is 6.07 Å². The predicted molar refractivity (Wildman–Crippen MR) is 85.4 cm³/mol. The van der Waals surface area contributed by atoms with Crippen LogP contribution in [0.15, 0.2) is 41.6 Å². The van der Waals surface area contributed by atoms with Crippen molar-refractivity contribution in [1.82, 2.24) is 9.97 Å². The predicted octanol–water partition coefficient (Wildman–Crippen LogP) is 1.75. The molecule has 1 aliphatic rings. The third-order valence-electron chi connectivity index (χ3n) is 3.58. The van der Waals surface area contributed by atoms with Gasteiger partial charge in [-0.1, -0.05) is 12.1 Å². The Morgan fingerprint density at radius 1 is 1.13 bits per heavy atom. The van der Waals surface area contributed by atoms with Crippen LogP contribution in [-0.2, 0) is 10.0 Å². The Bertz CT molecular complexity index is 837. The largest absolute Gasteiger partial charge is 0.341 e. The monoisotopic (exact) mass is 329 g/mol. The molecule has 1 aliphatic heterocycles. The van der Waals surface area contributed by atoms with Crippen molar-refractivity contribution in [1.29, 1.82) is 5.26 Å². The van der Waals surface area contributed by atoms with Gasteiger partial charge in [-0.05, 0) is 25.0 Å². The average Bonchev–Trinajstić information content (AvgIpc) is 3.09. The summed E-state index contributed by atoms with van der Waals surface area (Å²) in [4.78, 5) is 10.4. The van der Waals surface area contributed by atoms with Gasteiger partial charge in [0.15, 0.2) is 0 Å². The summed E-state index contributed by atoms with van der Waals surface area (Å²) in [7, 11) is -3.85. The molecular formula is C15H15N5O2S. The molecule has 0 atom stereocenters. The first kappa shape index (κ1) is 15.2. The molecule has 1 fully saturated rings. The maximum absolute atomic E-state index is 12.4. The fraction of sp³-hybridized carbons (Fsp3) is 0.267. The van der Waals surface area contributed by atoms with Crippen LogP contribution in [0, 0.1) is 11.3 Å². The molecule has 2 heterocycles. The third-order valence-corrected chi connectivity index (χ3v) is 5.02. The Hall–Kier alpha value is -2.66. The number of hydrogen-bond donors (Lipinski definition) is 1. The fourth-order valence-corrected chi connectivity index (χ4v) is 3.64. The minimum atomic E-state index is -3.85. The van der Waals surface area contributed by atoms with Gasteiger partial charge >= 0.3 is 0 Å². The molecule has 7 nitrogen and oxygen atoms in total. The van der Waals surface area contributed by atoms with Crippen LogP contribution in [0.25, 0.3) is 0 Å². The fourth-order valence-electron chi connectivity index (χ4n) is 2.46. The summed E-state index contributed by atoms with van der Waals surface area (Å²) >= 11 is 0. The minimum Gasteiger partial charge on any atom is -0.341 e. The van der Waals surface area contributed by atoms with Gasteiger partial charge in [-0.3, -0.25) is 4.72 Å². The highest BCUT2D eigenvalue weighted by molar-refractivity contribution is 7.92. The zero-order chi connectivity index (χ0) is 16.3. The molecule has 118 valence electrons. The van der Waals surface area contributed by atoms with Crippen LogP contribution in [-0.4, -0.2) is 31.5 Å². The van der Waals surface area contributed by atoms with E-state index in [1.54, 1.807) is 12.1 Å². The van der Waals surface area contributed by atoms with Gasteiger partial charge in [-0.2, -0.15) is 5.26 Å². The number of nitrogens with zero attached hydrogens (tertiary/aromatic N) is 4. The summed E-state index contributed by atoms with van der Waals surface area (Å²) in [6.07, 6.45) is 5.10. The first-order valence-electron chi connectivity index (χ1n) is 7.19. The van der Waals surface area contributed by atoms with Gasteiger partial charge in [0, 0.05) is 13.1 Å². The topological polar surface area (TPSA) is 99.0 Å². The molecule has 0 radical (unpaired) electrons. The van der Waals surface area contributed by atoms with Crippen molar-refractivity contribution >= 4 is 21.7 Å². The lowest BCUT2D eigenvalue weighted by Gasteiger charge is -2.15. The second-order valence-electron chi connectivity index (χ2n) is 5.18. The molecule has 0 unspecified atom stereocenters. The lowest BCUT2D eigenvalue weighted by molar-refractivity contribution is 0.601. The summed E-state index contributed by atoms with van der Waals surface area (Å²) in [5.74, 6) is 0.600. The quantitative estimate of drug-likeness (QED) is 0.917. The maximum Gasteiger partial charge on any atom is 0.263 e. The summed E-state index contributed by atoms with van der Waals surface area (Å²) in [6, 6.07) is 7.91. The third kappa shape index (κ3) is 3.24. The Morgan fingerprint density at radius 2 is 1.78 bits per heavy atom. The maximum atomic E-state index is 12.4. The van der Waals surface area contributed by atoms with E-state index in [-0.39, 0.29) is 16.1 Å². The number of rotatable bonds is 4. The molecule has 1 saturated heterocycles. The van der Waals surface area contributed by atoms with Crippen LogP contribution in [0.4, 0.5) is 11.6 Å². The highest BCUT2D eigenvalue weighted by atomic mass is 32.2. The van der Waals surface area contributed by atoms with E-state index in [2.05, 4.69) is 19.6 Å². The van der Waals surface area contributed by atoms with Crippen molar-refractivity contribution in [2.45, 2.75) is 17.7 Å². The molecule has 2 aromatic rings. The Balaban J connectivity index is 1.82. The summed E-state index contributed by atoms with van der Waals surface area (Å²) in [5, 5.41) is 9.03. The molecule has 0 saturated carbocycles. The van der Waals surface area contributed by atoms with Crippen LogP contribution in [0.3, 0.4) is 0 Å². The van der Waals surface area contributed by atoms with Crippen molar-refractivity contribution < 1.29 is 8.42 Å². The van der Waals surface area contributed by atoms with E-state index in [1.165, 1.54) is 24.5 Å². The number of sulfonamides is 1. The van der Waals surface area contributed by atoms with Gasteiger partial charge in [0.2, 0.25) is 5.95 Å². The Morgan fingerprint density at radius 3 is 2.43 bits per heavy atom. The molecule has 0 amide bonds. The van der Waals surface area contributed by atoms with Crippen LogP contribution in [0.5, 0.6) is 0 Å². The lowest BCUT2D eigenvalue weighted by atomic mass is 10.2. The van der Waals surface area contributed by atoms with E-state index in [1.807, 2.05) is 6.07 Å². The smallest absolute Gasteiger partial charge is 0.263 e. The number of benzene rings is 1. The van der Waals surface area contributed by atoms with Gasteiger partial charge in [0.25, 0.3) is 10.0 Å². The van der Waals surface area contributed by atoms with Gasteiger partial charge in [-0.25, -0.2) is 18.4 Å². The molecule has 0 spiro atoms.